The minimum absolute atomic E-state index is 0.564. The Bertz CT molecular complexity index is 414. The van der Waals surface area contributed by atoms with Crippen molar-refractivity contribution in [2.24, 2.45) is 5.92 Å². The van der Waals surface area contributed by atoms with Crippen molar-refractivity contribution in [1.82, 2.24) is 9.97 Å². The molecule has 0 saturated heterocycles. The molecule has 4 heteroatoms. The van der Waals surface area contributed by atoms with E-state index in [0.717, 1.165) is 36.6 Å². The molecule has 0 radical (unpaired) electrons. The van der Waals surface area contributed by atoms with Crippen molar-refractivity contribution in [3.63, 3.8) is 0 Å². The summed E-state index contributed by atoms with van der Waals surface area (Å²) < 4.78 is 5.77. The number of rotatable bonds is 7. The third-order valence-corrected chi connectivity index (χ3v) is 3.49. The lowest BCUT2D eigenvalue weighted by molar-refractivity contribution is 0.290. The maximum absolute atomic E-state index is 5.77. The molecule has 2 fully saturated rings. The molecule has 0 spiro atoms. The first kappa shape index (κ1) is 11.8. The summed E-state index contributed by atoms with van der Waals surface area (Å²) in [5.41, 5.74) is 0. The van der Waals surface area contributed by atoms with Gasteiger partial charge in [-0.05, 0) is 32.1 Å². The summed E-state index contributed by atoms with van der Waals surface area (Å²) in [7, 11) is 0. The number of nitrogens with zero attached hydrogens (tertiary/aromatic N) is 2. The van der Waals surface area contributed by atoms with Crippen LogP contribution in [0.4, 0.5) is 5.82 Å². The van der Waals surface area contributed by atoms with Gasteiger partial charge in [0.2, 0.25) is 5.88 Å². The highest BCUT2D eigenvalue weighted by atomic mass is 16.5. The molecule has 0 atom stereocenters. The van der Waals surface area contributed by atoms with Gasteiger partial charge in [-0.15, -0.1) is 0 Å². The van der Waals surface area contributed by atoms with E-state index < -0.39 is 0 Å². The summed E-state index contributed by atoms with van der Waals surface area (Å²) in [4.78, 5) is 9.06. The van der Waals surface area contributed by atoms with Gasteiger partial charge in [-0.2, -0.15) is 4.98 Å². The summed E-state index contributed by atoms with van der Waals surface area (Å²) >= 11 is 0. The van der Waals surface area contributed by atoms with Crippen LogP contribution in [0.25, 0.3) is 0 Å². The largest absolute Gasteiger partial charge is 0.478 e. The van der Waals surface area contributed by atoms with Crippen molar-refractivity contribution in [3.8, 4) is 5.88 Å². The van der Waals surface area contributed by atoms with E-state index in [1.54, 1.807) is 0 Å². The Balaban J connectivity index is 1.65. The molecule has 3 rings (SSSR count). The summed E-state index contributed by atoms with van der Waals surface area (Å²) in [5.74, 6) is 4.06. The van der Waals surface area contributed by atoms with E-state index in [1.165, 1.54) is 32.1 Å². The molecule has 0 unspecified atom stereocenters. The second-order valence-electron chi connectivity index (χ2n) is 5.33. The topological polar surface area (TPSA) is 47.0 Å². The highest BCUT2D eigenvalue weighted by Gasteiger charge is 2.27. The molecule has 1 heterocycles. The molecule has 98 valence electrons. The Labute approximate surface area is 108 Å². The van der Waals surface area contributed by atoms with Gasteiger partial charge in [0, 0.05) is 18.5 Å². The minimum Gasteiger partial charge on any atom is -0.478 e. The lowest BCUT2D eigenvalue weighted by Crippen LogP contribution is -2.06. The molecule has 1 N–H and O–H groups in total. The second kappa shape index (κ2) is 5.12. The first-order chi connectivity index (χ1) is 8.85. The highest BCUT2D eigenvalue weighted by Crippen LogP contribution is 2.39. The normalized spacial score (nSPS) is 18.7. The van der Waals surface area contributed by atoms with E-state index in [-0.39, 0.29) is 0 Å². The summed E-state index contributed by atoms with van der Waals surface area (Å²) in [6.45, 7) is 3.74. The quantitative estimate of drug-likeness (QED) is 0.804. The Morgan fingerprint density at radius 2 is 2.11 bits per heavy atom. The van der Waals surface area contributed by atoms with Crippen LogP contribution in [0.3, 0.4) is 0 Å². The second-order valence-corrected chi connectivity index (χ2v) is 5.33. The van der Waals surface area contributed by atoms with Crippen LogP contribution in [-0.4, -0.2) is 23.1 Å². The van der Waals surface area contributed by atoms with Crippen molar-refractivity contribution in [1.29, 1.82) is 0 Å². The van der Waals surface area contributed by atoms with Crippen molar-refractivity contribution in [2.75, 3.05) is 18.5 Å². The van der Waals surface area contributed by atoms with Crippen LogP contribution in [-0.2, 0) is 0 Å². The fourth-order valence-corrected chi connectivity index (χ4v) is 2.05. The Morgan fingerprint density at radius 1 is 1.28 bits per heavy atom. The molecular weight excluding hydrogens is 226 g/mol. The zero-order chi connectivity index (χ0) is 12.4. The van der Waals surface area contributed by atoms with E-state index in [0.29, 0.717) is 5.92 Å². The molecule has 1 aromatic heterocycles. The summed E-state index contributed by atoms with van der Waals surface area (Å²) in [5, 5.41) is 3.25. The van der Waals surface area contributed by atoms with Crippen molar-refractivity contribution >= 4 is 5.82 Å². The van der Waals surface area contributed by atoms with E-state index >= 15 is 0 Å². The molecule has 2 aliphatic carbocycles. The van der Waals surface area contributed by atoms with E-state index in [2.05, 4.69) is 22.2 Å². The minimum atomic E-state index is 0.564. The summed E-state index contributed by atoms with van der Waals surface area (Å²) in [6.07, 6.45) is 6.36. The number of hydrogen-bond donors (Lipinski definition) is 1. The van der Waals surface area contributed by atoms with E-state index in [9.17, 15) is 0 Å². The predicted octanol–water partition coefficient (Wildman–Crippen LogP) is 2.96. The lowest BCUT2D eigenvalue weighted by Gasteiger charge is -2.09. The van der Waals surface area contributed by atoms with Crippen molar-refractivity contribution in [3.05, 3.63) is 11.9 Å². The smallest absolute Gasteiger partial charge is 0.218 e. The predicted molar refractivity (Wildman–Crippen MR) is 71.0 cm³/mol. The molecule has 4 nitrogen and oxygen atoms in total. The van der Waals surface area contributed by atoms with Gasteiger partial charge in [-0.3, -0.25) is 0 Å². The van der Waals surface area contributed by atoms with Gasteiger partial charge in [0.1, 0.15) is 11.6 Å². The molecule has 0 aliphatic heterocycles. The van der Waals surface area contributed by atoms with Crippen molar-refractivity contribution < 1.29 is 4.74 Å². The third-order valence-electron chi connectivity index (χ3n) is 3.49. The first-order valence-electron chi connectivity index (χ1n) is 7.11. The van der Waals surface area contributed by atoms with E-state index in [4.69, 9.17) is 4.74 Å². The van der Waals surface area contributed by atoms with Crippen LogP contribution in [0.2, 0.25) is 0 Å². The van der Waals surface area contributed by atoms with Gasteiger partial charge >= 0.3 is 0 Å². The third kappa shape index (κ3) is 3.12. The molecule has 0 aromatic carbocycles. The summed E-state index contributed by atoms with van der Waals surface area (Å²) in [6, 6.07) is 1.92. The Kier molecular flexibility index (Phi) is 3.35. The van der Waals surface area contributed by atoms with E-state index in [1.807, 2.05) is 6.07 Å². The number of anilines is 1. The van der Waals surface area contributed by atoms with Crippen LogP contribution in [0.1, 0.15) is 50.8 Å². The molecule has 18 heavy (non-hydrogen) atoms. The fraction of sp³-hybridized carbons (Fsp3) is 0.714. The average molecular weight is 247 g/mol. The van der Waals surface area contributed by atoms with Gasteiger partial charge in [0.05, 0.1) is 6.61 Å². The Hall–Kier alpha value is -1.32. The van der Waals surface area contributed by atoms with Gasteiger partial charge in [-0.1, -0.05) is 12.8 Å². The standard InChI is InChI=1S/C14H21N3O/c1-2-15-12-9-13(18-8-7-10-3-4-10)17-14(16-12)11-5-6-11/h9-11H,2-8H2,1H3,(H,15,16,17). The number of ether oxygens (including phenoxy) is 1. The highest BCUT2D eigenvalue weighted by molar-refractivity contribution is 5.39. The number of aromatic nitrogens is 2. The molecule has 2 saturated carbocycles. The first-order valence-corrected chi connectivity index (χ1v) is 7.11. The molecule has 0 amide bonds. The molecule has 1 aromatic rings. The monoisotopic (exact) mass is 247 g/mol. The maximum Gasteiger partial charge on any atom is 0.218 e. The molecule has 0 bridgehead atoms. The maximum atomic E-state index is 5.77. The van der Waals surface area contributed by atoms with Crippen LogP contribution in [0, 0.1) is 5.92 Å². The zero-order valence-corrected chi connectivity index (χ0v) is 11.0. The van der Waals surface area contributed by atoms with Gasteiger partial charge in [-0.25, -0.2) is 4.98 Å². The van der Waals surface area contributed by atoms with Crippen molar-refractivity contribution in [2.45, 2.75) is 44.9 Å². The lowest BCUT2D eigenvalue weighted by atomic mass is 10.3. The van der Waals surface area contributed by atoms with Crippen LogP contribution in [0.15, 0.2) is 6.07 Å². The van der Waals surface area contributed by atoms with Gasteiger partial charge in [0.25, 0.3) is 0 Å². The molecular formula is C14H21N3O. The Morgan fingerprint density at radius 3 is 2.78 bits per heavy atom. The average Bonchev–Trinajstić information content (AvgIpc) is 3.23. The van der Waals surface area contributed by atoms with Crippen LogP contribution >= 0.6 is 0 Å². The zero-order valence-electron chi connectivity index (χ0n) is 11.0. The molecule has 2 aliphatic rings. The number of nitrogens with one attached hydrogen (secondary N) is 1. The fourth-order valence-electron chi connectivity index (χ4n) is 2.05. The number of hydrogen-bond acceptors (Lipinski definition) is 4. The SMILES string of the molecule is CCNc1cc(OCCC2CC2)nc(C2CC2)n1. The van der Waals surface area contributed by atoms with Crippen LogP contribution in [0.5, 0.6) is 5.88 Å². The van der Waals surface area contributed by atoms with Crippen LogP contribution < -0.4 is 10.1 Å². The van der Waals surface area contributed by atoms with Gasteiger partial charge < -0.3 is 10.1 Å². The van der Waals surface area contributed by atoms with Gasteiger partial charge in [0.15, 0.2) is 0 Å².